The van der Waals surface area contributed by atoms with Crippen molar-refractivity contribution in [2.75, 3.05) is 37.6 Å². The van der Waals surface area contributed by atoms with Gasteiger partial charge >= 0.3 is 0 Å². The summed E-state index contributed by atoms with van der Waals surface area (Å²) in [4.78, 5) is 37.6. The molecule has 28 heavy (non-hydrogen) atoms. The molecule has 1 aromatic carbocycles. The van der Waals surface area contributed by atoms with Gasteiger partial charge in [-0.05, 0) is 30.7 Å². The molecule has 1 N–H and O–H groups in total. The molecule has 7 nitrogen and oxygen atoms in total. The van der Waals surface area contributed by atoms with Crippen molar-refractivity contribution >= 4 is 17.8 Å². The lowest BCUT2D eigenvalue weighted by molar-refractivity contribution is 0.0746. The Morgan fingerprint density at radius 1 is 1.00 bits per heavy atom. The lowest BCUT2D eigenvalue weighted by atomic mass is 10.1. The third-order valence-electron chi connectivity index (χ3n) is 4.84. The van der Waals surface area contributed by atoms with Crippen LogP contribution in [-0.2, 0) is 0 Å². The molecule has 2 heterocycles. The van der Waals surface area contributed by atoms with Crippen LogP contribution < -0.4 is 10.2 Å². The number of aromatic nitrogens is 2. The second-order valence-corrected chi connectivity index (χ2v) is 6.87. The third kappa shape index (κ3) is 5.06. The molecule has 1 aliphatic heterocycles. The predicted molar refractivity (Wildman–Crippen MR) is 108 cm³/mol. The van der Waals surface area contributed by atoms with Crippen molar-refractivity contribution in [2.45, 2.75) is 26.2 Å². The number of piperazine rings is 1. The van der Waals surface area contributed by atoms with Crippen molar-refractivity contribution in [3.05, 3.63) is 53.9 Å². The van der Waals surface area contributed by atoms with E-state index in [0.717, 1.165) is 19.3 Å². The topological polar surface area (TPSA) is 78.4 Å². The SMILES string of the molecule is CCCCCNC(=O)c1cccc(C(=O)N2CCN(c3ncccn3)CC2)c1. The minimum atomic E-state index is -0.128. The summed E-state index contributed by atoms with van der Waals surface area (Å²) in [5, 5.41) is 2.92. The molecule has 0 radical (unpaired) electrons. The number of carbonyl (C=O) groups is 2. The zero-order chi connectivity index (χ0) is 19.8. The van der Waals surface area contributed by atoms with Crippen LogP contribution in [-0.4, -0.2) is 59.4 Å². The van der Waals surface area contributed by atoms with Crippen LogP contribution in [0.15, 0.2) is 42.7 Å². The van der Waals surface area contributed by atoms with Crippen LogP contribution in [0.3, 0.4) is 0 Å². The highest BCUT2D eigenvalue weighted by molar-refractivity contribution is 5.99. The van der Waals surface area contributed by atoms with Gasteiger partial charge in [-0.2, -0.15) is 0 Å². The van der Waals surface area contributed by atoms with Gasteiger partial charge in [-0.1, -0.05) is 25.8 Å². The summed E-state index contributed by atoms with van der Waals surface area (Å²) in [6.45, 7) is 5.37. The van der Waals surface area contributed by atoms with E-state index in [2.05, 4.69) is 27.1 Å². The summed E-state index contributed by atoms with van der Waals surface area (Å²) < 4.78 is 0. The van der Waals surface area contributed by atoms with E-state index in [1.165, 1.54) is 0 Å². The molecule has 0 bridgehead atoms. The van der Waals surface area contributed by atoms with Crippen molar-refractivity contribution in [3.63, 3.8) is 0 Å². The number of anilines is 1. The first-order valence-electron chi connectivity index (χ1n) is 9.88. The molecule has 0 unspecified atom stereocenters. The first-order valence-corrected chi connectivity index (χ1v) is 9.88. The van der Waals surface area contributed by atoms with E-state index in [0.29, 0.717) is 49.8 Å². The zero-order valence-corrected chi connectivity index (χ0v) is 16.3. The van der Waals surface area contributed by atoms with Crippen molar-refractivity contribution in [2.24, 2.45) is 0 Å². The van der Waals surface area contributed by atoms with Gasteiger partial charge in [0.25, 0.3) is 11.8 Å². The normalized spacial score (nSPS) is 14.0. The highest BCUT2D eigenvalue weighted by Crippen LogP contribution is 2.14. The van der Waals surface area contributed by atoms with Crippen LogP contribution in [0.5, 0.6) is 0 Å². The molecular formula is C21H27N5O2. The summed E-state index contributed by atoms with van der Waals surface area (Å²) in [6, 6.07) is 8.75. The first-order chi connectivity index (χ1) is 13.7. The Morgan fingerprint density at radius 2 is 1.71 bits per heavy atom. The lowest BCUT2D eigenvalue weighted by Gasteiger charge is -2.34. The number of amides is 2. The van der Waals surface area contributed by atoms with E-state index in [1.54, 1.807) is 42.7 Å². The maximum atomic E-state index is 12.9. The molecular weight excluding hydrogens is 354 g/mol. The first kappa shape index (κ1) is 19.8. The standard InChI is InChI=1S/C21H27N5O2/c1-2-3-4-9-22-19(27)17-7-5-8-18(16-17)20(28)25-12-14-26(15-13-25)21-23-10-6-11-24-21/h5-8,10-11,16H,2-4,9,12-15H2,1H3,(H,22,27). The second-order valence-electron chi connectivity index (χ2n) is 6.87. The summed E-state index contributed by atoms with van der Waals surface area (Å²) in [5.41, 5.74) is 1.07. The van der Waals surface area contributed by atoms with Crippen molar-refractivity contribution in [1.82, 2.24) is 20.2 Å². The molecule has 0 aliphatic carbocycles. The Balaban J connectivity index is 1.57. The summed E-state index contributed by atoms with van der Waals surface area (Å²) >= 11 is 0. The fraction of sp³-hybridized carbons (Fsp3) is 0.429. The van der Waals surface area contributed by atoms with Gasteiger partial charge < -0.3 is 15.1 Å². The van der Waals surface area contributed by atoms with Gasteiger partial charge in [0.15, 0.2) is 0 Å². The van der Waals surface area contributed by atoms with E-state index < -0.39 is 0 Å². The molecule has 2 amide bonds. The fourth-order valence-corrected chi connectivity index (χ4v) is 3.22. The number of nitrogens with one attached hydrogen (secondary N) is 1. The average Bonchev–Trinajstić information content (AvgIpc) is 2.77. The van der Waals surface area contributed by atoms with Crippen LogP contribution in [0.4, 0.5) is 5.95 Å². The Bertz CT molecular complexity index is 788. The largest absolute Gasteiger partial charge is 0.352 e. The molecule has 1 aliphatic rings. The molecule has 0 spiro atoms. The minimum Gasteiger partial charge on any atom is -0.352 e. The van der Waals surface area contributed by atoms with Gasteiger partial charge in [-0.25, -0.2) is 9.97 Å². The van der Waals surface area contributed by atoms with E-state index in [-0.39, 0.29) is 11.8 Å². The van der Waals surface area contributed by atoms with Crippen LogP contribution in [0.1, 0.15) is 46.9 Å². The van der Waals surface area contributed by atoms with Gasteiger partial charge in [-0.15, -0.1) is 0 Å². The predicted octanol–water partition coefficient (Wildman–Crippen LogP) is 2.36. The number of carbonyl (C=O) groups excluding carboxylic acids is 2. The van der Waals surface area contributed by atoms with Gasteiger partial charge in [-0.3, -0.25) is 9.59 Å². The van der Waals surface area contributed by atoms with Crippen molar-refractivity contribution in [1.29, 1.82) is 0 Å². The highest BCUT2D eigenvalue weighted by atomic mass is 16.2. The average molecular weight is 381 g/mol. The zero-order valence-electron chi connectivity index (χ0n) is 16.3. The Kier molecular flexibility index (Phi) is 6.94. The number of nitrogens with zero attached hydrogens (tertiary/aromatic N) is 4. The maximum Gasteiger partial charge on any atom is 0.253 e. The van der Waals surface area contributed by atoms with Crippen LogP contribution in [0.25, 0.3) is 0 Å². The number of benzene rings is 1. The molecule has 7 heteroatoms. The minimum absolute atomic E-state index is 0.0470. The number of unbranched alkanes of at least 4 members (excludes halogenated alkanes) is 2. The quantitative estimate of drug-likeness (QED) is 0.745. The maximum absolute atomic E-state index is 12.9. The van der Waals surface area contributed by atoms with E-state index in [1.807, 2.05) is 4.90 Å². The van der Waals surface area contributed by atoms with Crippen LogP contribution >= 0.6 is 0 Å². The lowest BCUT2D eigenvalue weighted by Crippen LogP contribution is -2.49. The van der Waals surface area contributed by atoms with Crippen LogP contribution in [0.2, 0.25) is 0 Å². The molecule has 0 atom stereocenters. The third-order valence-corrected chi connectivity index (χ3v) is 4.84. The summed E-state index contributed by atoms with van der Waals surface area (Å²) in [7, 11) is 0. The fourth-order valence-electron chi connectivity index (χ4n) is 3.22. The monoisotopic (exact) mass is 381 g/mol. The van der Waals surface area contributed by atoms with E-state index >= 15 is 0 Å². The summed E-state index contributed by atoms with van der Waals surface area (Å²) in [6.07, 6.45) is 6.62. The molecule has 3 rings (SSSR count). The molecule has 2 aromatic rings. The molecule has 1 saturated heterocycles. The number of hydrogen-bond acceptors (Lipinski definition) is 5. The van der Waals surface area contributed by atoms with Crippen molar-refractivity contribution in [3.8, 4) is 0 Å². The van der Waals surface area contributed by atoms with Gasteiger partial charge in [0.2, 0.25) is 5.95 Å². The van der Waals surface area contributed by atoms with Gasteiger partial charge in [0.1, 0.15) is 0 Å². The van der Waals surface area contributed by atoms with E-state index in [9.17, 15) is 9.59 Å². The summed E-state index contributed by atoms with van der Waals surface area (Å²) in [5.74, 6) is 0.516. The Morgan fingerprint density at radius 3 is 2.43 bits per heavy atom. The Hall–Kier alpha value is -2.96. The van der Waals surface area contributed by atoms with Crippen LogP contribution in [0, 0.1) is 0 Å². The number of rotatable bonds is 7. The molecule has 0 saturated carbocycles. The van der Waals surface area contributed by atoms with Gasteiger partial charge in [0.05, 0.1) is 0 Å². The Labute approximate surface area is 165 Å². The highest BCUT2D eigenvalue weighted by Gasteiger charge is 2.23. The molecule has 1 fully saturated rings. The number of hydrogen-bond donors (Lipinski definition) is 1. The molecule has 1 aromatic heterocycles. The van der Waals surface area contributed by atoms with E-state index in [4.69, 9.17) is 0 Å². The van der Waals surface area contributed by atoms with Gasteiger partial charge in [0, 0.05) is 56.2 Å². The second kappa shape index (κ2) is 9.82. The molecule has 148 valence electrons. The van der Waals surface area contributed by atoms with Crippen molar-refractivity contribution < 1.29 is 9.59 Å². The smallest absolute Gasteiger partial charge is 0.253 e.